The summed E-state index contributed by atoms with van der Waals surface area (Å²) < 4.78 is 11.2. The summed E-state index contributed by atoms with van der Waals surface area (Å²) in [6.07, 6.45) is 2.98. The zero-order valence-electron chi connectivity index (χ0n) is 9.32. The van der Waals surface area contributed by atoms with Gasteiger partial charge in [-0.2, -0.15) is 0 Å². The predicted molar refractivity (Wildman–Crippen MR) is 55.8 cm³/mol. The molecule has 1 saturated heterocycles. The predicted octanol–water partition coefficient (Wildman–Crippen LogP) is 0.811. The van der Waals surface area contributed by atoms with Crippen molar-refractivity contribution in [1.29, 1.82) is 0 Å². The molecule has 1 aliphatic rings. The third-order valence-electron chi connectivity index (χ3n) is 2.54. The first-order valence-corrected chi connectivity index (χ1v) is 5.36. The van der Waals surface area contributed by atoms with Gasteiger partial charge in [-0.3, -0.25) is 11.3 Å². The van der Waals surface area contributed by atoms with Gasteiger partial charge in [0.2, 0.25) is 0 Å². The maximum atomic E-state index is 5.72. The number of hydrogen-bond acceptors (Lipinski definition) is 4. The molecule has 1 fully saturated rings. The fourth-order valence-electron chi connectivity index (χ4n) is 1.69. The van der Waals surface area contributed by atoms with Crippen molar-refractivity contribution in [3.63, 3.8) is 0 Å². The molecule has 1 rings (SSSR count). The molecule has 0 aliphatic carbocycles. The van der Waals surface area contributed by atoms with Gasteiger partial charge in [-0.25, -0.2) is 0 Å². The minimum Gasteiger partial charge on any atom is -0.377 e. The van der Waals surface area contributed by atoms with Crippen LogP contribution in [0.3, 0.4) is 0 Å². The van der Waals surface area contributed by atoms with E-state index in [1.165, 1.54) is 0 Å². The zero-order valence-corrected chi connectivity index (χ0v) is 9.32. The van der Waals surface area contributed by atoms with Gasteiger partial charge >= 0.3 is 0 Å². The van der Waals surface area contributed by atoms with Crippen LogP contribution < -0.4 is 11.3 Å². The molecule has 84 valence electrons. The Balaban J connectivity index is 2.30. The Kier molecular flexibility index (Phi) is 4.81. The summed E-state index contributed by atoms with van der Waals surface area (Å²) in [4.78, 5) is 0. The molecule has 0 bridgehead atoms. The van der Waals surface area contributed by atoms with Crippen molar-refractivity contribution in [2.75, 3.05) is 6.61 Å². The van der Waals surface area contributed by atoms with Crippen molar-refractivity contribution in [3.8, 4) is 0 Å². The molecule has 3 N–H and O–H groups in total. The first-order valence-electron chi connectivity index (χ1n) is 5.36. The summed E-state index contributed by atoms with van der Waals surface area (Å²) in [6, 6.07) is 0.113. The summed E-state index contributed by atoms with van der Waals surface area (Å²) >= 11 is 0. The largest absolute Gasteiger partial charge is 0.377 e. The van der Waals surface area contributed by atoms with Crippen molar-refractivity contribution >= 4 is 0 Å². The third-order valence-corrected chi connectivity index (χ3v) is 2.54. The summed E-state index contributed by atoms with van der Waals surface area (Å²) in [7, 11) is 0. The molecular weight excluding hydrogens is 180 g/mol. The van der Waals surface area contributed by atoms with Crippen LogP contribution in [0, 0.1) is 0 Å². The smallest absolute Gasteiger partial charge is 0.0768 e. The maximum Gasteiger partial charge on any atom is 0.0768 e. The van der Waals surface area contributed by atoms with Crippen LogP contribution in [0.5, 0.6) is 0 Å². The molecule has 0 saturated carbocycles. The Labute approximate surface area is 86.1 Å². The molecule has 0 aromatic heterocycles. The van der Waals surface area contributed by atoms with Crippen molar-refractivity contribution in [2.24, 2.45) is 5.84 Å². The van der Waals surface area contributed by atoms with Crippen LogP contribution in [-0.4, -0.2) is 31.0 Å². The van der Waals surface area contributed by atoms with Crippen LogP contribution >= 0.6 is 0 Å². The van der Waals surface area contributed by atoms with Crippen molar-refractivity contribution in [1.82, 2.24) is 5.43 Å². The molecule has 0 aromatic carbocycles. The van der Waals surface area contributed by atoms with Crippen LogP contribution in [0.4, 0.5) is 0 Å². The summed E-state index contributed by atoms with van der Waals surface area (Å²) in [5, 5.41) is 0. The third kappa shape index (κ3) is 3.53. The van der Waals surface area contributed by atoms with Gasteiger partial charge < -0.3 is 9.47 Å². The van der Waals surface area contributed by atoms with E-state index in [1.807, 2.05) is 13.8 Å². The Morgan fingerprint density at radius 1 is 1.50 bits per heavy atom. The second kappa shape index (κ2) is 5.66. The minimum atomic E-state index is 0.113. The minimum absolute atomic E-state index is 0.113. The SMILES string of the molecule is CC(C)OCC(NN)C1CCC(C)O1. The molecule has 1 heterocycles. The lowest BCUT2D eigenvalue weighted by molar-refractivity contribution is -0.0116. The number of hydrazine groups is 1. The van der Waals surface area contributed by atoms with E-state index >= 15 is 0 Å². The first kappa shape index (κ1) is 11.9. The molecule has 14 heavy (non-hydrogen) atoms. The number of hydrogen-bond donors (Lipinski definition) is 2. The van der Waals surface area contributed by atoms with E-state index < -0.39 is 0 Å². The topological polar surface area (TPSA) is 56.5 Å². The van der Waals surface area contributed by atoms with Crippen molar-refractivity contribution in [2.45, 2.75) is 58.0 Å². The first-order chi connectivity index (χ1) is 6.63. The van der Waals surface area contributed by atoms with E-state index in [-0.39, 0.29) is 18.2 Å². The van der Waals surface area contributed by atoms with Gasteiger partial charge in [-0.1, -0.05) is 0 Å². The van der Waals surface area contributed by atoms with E-state index in [4.69, 9.17) is 15.3 Å². The van der Waals surface area contributed by atoms with Crippen molar-refractivity contribution < 1.29 is 9.47 Å². The monoisotopic (exact) mass is 202 g/mol. The maximum absolute atomic E-state index is 5.72. The van der Waals surface area contributed by atoms with Crippen molar-refractivity contribution in [3.05, 3.63) is 0 Å². The average molecular weight is 202 g/mol. The van der Waals surface area contributed by atoms with Gasteiger partial charge in [-0.15, -0.1) is 0 Å². The summed E-state index contributed by atoms with van der Waals surface area (Å²) in [5.41, 5.74) is 2.77. The highest BCUT2D eigenvalue weighted by Gasteiger charge is 2.29. The lowest BCUT2D eigenvalue weighted by Gasteiger charge is -2.23. The van der Waals surface area contributed by atoms with Crippen LogP contribution in [-0.2, 0) is 9.47 Å². The number of nitrogens with one attached hydrogen (secondary N) is 1. The quantitative estimate of drug-likeness (QED) is 0.512. The molecule has 3 atom stereocenters. The normalized spacial score (nSPS) is 29.8. The van der Waals surface area contributed by atoms with E-state index in [0.717, 1.165) is 12.8 Å². The molecule has 0 radical (unpaired) electrons. The molecule has 0 spiro atoms. The highest BCUT2D eigenvalue weighted by Crippen LogP contribution is 2.21. The van der Waals surface area contributed by atoms with Gasteiger partial charge in [-0.05, 0) is 33.6 Å². The molecule has 1 aliphatic heterocycles. The van der Waals surface area contributed by atoms with Gasteiger partial charge in [0.1, 0.15) is 0 Å². The van der Waals surface area contributed by atoms with E-state index in [2.05, 4.69) is 12.3 Å². The molecule has 4 nitrogen and oxygen atoms in total. The highest BCUT2D eigenvalue weighted by molar-refractivity contribution is 4.81. The van der Waals surface area contributed by atoms with E-state index in [0.29, 0.717) is 12.7 Å². The average Bonchev–Trinajstić information content (AvgIpc) is 2.53. The van der Waals surface area contributed by atoms with Crippen LogP contribution in [0.1, 0.15) is 33.6 Å². The van der Waals surface area contributed by atoms with Crippen LogP contribution in [0.2, 0.25) is 0 Å². The Morgan fingerprint density at radius 2 is 2.21 bits per heavy atom. The standard InChI is InChI=1S/C10H22N2O2/c1-7(2)13-6-9(12-11)10-5-4-8(3)14-10/h7-10,12H,4-6,11H2,1-3H3. The Hall–Kier alpha value is -0.160. The highest BCUT2D eigenvalue weighted by atomic mass is 16.5. The zero-order chi connectivity index (χ0) is 10.6. The second-order valence-electron chi connectivity index (χ2n) is 4.22. The lowest BCUT2D eigenvalue weighted by atomic mass is 10.1. The fourth-order valence-corrected chi connectivity index (χ4v) is 1.69. The van der Waals surface area contributed by atoms with Gasteiger partial charge in [0.15, 0.2) is 0 Å². The van der Waals surface area contributed by atoms with E-state index in [1.54, 1.807) is 0 Å². The fraction of sp³-hybridized carbons (Fsp3) is 1.00. The molecule has 0 amide bonds. The van der Waals surface area contributed by atoms with Crippen LogP contribution in [0.25, 0.3) is 0 Å². The number of ether oxygens (including phenoxy) is 2. The molecule has 4 heteroatoms. The Bertz CT molecular complexity index is 164. The van der Waals surface area contributed by atoms with E-state index in [9.17, 15) is 0 Å². The Morgan fingerprint density at radius 3 is 2.64 bits per heavy atom. The van der Waals surface area contributed by atoms with Crippen LogP contribution in [0.15, 0.2) is 0 Å². The summed E-state index contributed by atoms with van der Waals surface area (Å²) in [6.45, 7) is 6.75. The molecule has 3 unspecified atom stereocenters. The molecular formula is C10H22N2O2. The van der Waals surface area contributed by atoms with Gasteiger partial charge in [0.05, 0.1) is 31.0 Å². The second-order valence-corrected chi connectivity index (χ2v) is 4.22. The lowest BCUT2D eigenvalue weighted by Crippen LogP contribution is -2.47. The number of nitrogens with two attached hydrogens (primary N) is 1. The van der Waals surface area contributed by atoms with Gasteiger partial charge in [0, 0.05) is 0 Å². The number of rotatable bonds is 5. The molecule has 0 aromatic rings. The summed E-state index contributed by atoms with van der Waals surface area (Å²) in [5.74, 6) is 5.47. The van der Waals surface area contributed by atoms with Gasteiger partial charge in [0.25, 0.3) is 0 Å².